The van der Waals surface area contributed by atoms with E-state index in [1.807, 2.05) is 13.8 Å². The molecule has 0 amide bonds. The van der Waals surface area contributed by atoms with E-state index in [0.29, 0.717) is 18.1 Å². The first kappa shape index (κ1) is 23.1. The van der Waals surface area contributed by atoms with Crippen LogP contribution in [-0.2, 0) is 19.7 Å². The van der Waals surface area contributed by atoms with E-state index in [4.69, 9.17) is 11.6 Å². The SMILES string of the molecule is CCN(CC)CCNc1sc(S(=O)(=O)CC)nc1S(=O)(=O)c1ccc(Cl)cc1. The van der Waals surface area contributed by atoms with Gasteiger partial charge in [0.2, 0.25) is 24.0 Å². The molecule has 0 spiro atoms. The molecule has 0 saturated heterocycles. The Balaban J connectivity index is 2.44. The minimum atomic E-state index is -4.00. The fraction of sp³-hybridized carbons (Fsp3) is 0.471. The van der Waals surface area contributed by atoms with Crippen molar-refractivity contribution in [3.63, 3.8) is 0 Å². The molecule has 1 aromatic heterocycles. The van der Waals surface area contributed by atoms with E-state index >= 15 is 0 Å². The first-order valence-corrected chi connectivity index (χ1v) is 13.2. The van der Waals surface area contributed by atoms with Gasteiger partial charge in [-0.05, 0) is 37.4 Å². The van der Waals surface area contributed by atoms with Gasteiger partial charge in [-0.15, -0.1) is 0 Å². The number of aromatic nitrogens is 1. The Kier molecular flexibility index (Phi) is 7.86. The standard InChI is InChI=1S/C17H24ClN3O4S3/c1-4-21(5-2)12-11-19-15-16(20-17(26-15)27(22,23)6-3)28(24,25)14-9-7-13(18)8-10-14/h7-10,19H,4-6,11-12H2,1-3H3. The highest BCUT2D eigenvalue weighted by Crippen LogP contribution is 2.35. The lowest BCUT2D eigenvalue weighted by atomic mass is 10.4. The van der Waals surface area contributed by atoms with Gasteiger partial charge in [-0.25, -0.2) is 21.8 Å². The Morgan fingerprint density at radius 1 is 1.07 bits per heavy atom. The van der Waals surface area contributed by atoms with Gasteiger partial charge in [0.25, 0.3) is 0 Å². The topological polar surface area (TPSA) is 96.4 Å². The zero-order valence-electron chi connectivity index (χ0n) is 16.0. The van der Waals surface area contributed by atoms with Crippen LogP contribution in [0.4, 0.5) is 5.00 Å². The second-order valence-electron chi connectivity index (χ2n) is 5.93. The molecule has 1 aromatic carbocycles. The summed E-state index contributed by atoms with van der Waals surface area (Å²) in [6, 6.07) is 5.70. The third kappa shape index (κ3) is 5.24. The molecule has 0 unspecified atom stereocenters. The molecular formula is C17H24ClN3O4S3. The van der Waals surface area contributed by atoms with Gasteiger partial charge in [0.1, 0.15) is 5.00 Å². The van der Waals surface area contributed by atoms with Crippen molar-refractivity contribution in [1.29, 1.82) is 0 Å². The highest BCUT2D eigenvalue weighted by atomic mass is 35.5. The number of benzene rings is 1. The van der Waals surface area contributed by atoms with Crippen molar-refractivity contribution in [3.8, 4) is 0 Å². The van der Waals surface area contributed by atoms with Crippen molar-refractivity contribution >= 4 is 47.6 Å². The second-order valence-corrected chi connectivity index (χ2v) is 11.7. The summed E-state index contributed by atoms with van der Waals surface area (Å²) in [6.45, 7) is 8.48. The van der Waals surface area contributed by atoms with Crippen molar-refractivity contribution in [1.82, 2.24) is 9.88 Å². The highest BCUT2D eigenvalue weighted by Gasteiger charge is 2.30. The molecule has 11 heteroatoms. The molecule has 0 aliphatic heterocycles. The number of likely N-dealkylation sites (N-methyl/N-ethyl adjacent to an activating group) is 1. The average molecular weight is 466 g/mol. The highest BCUT2D eigenvalue weighted by molar-refractivity contribution is 7.94. The molecule has 28 heavy (non-hydrogen) atoms. The fourth-order valence-electron chi connectivity index (χ4n) is 2.43. The molecule has 2 aromatic rings. The predicted molar refractivity (Wildman–Crippen MR) is 113 cm³/mol. The van der Waals surface area contributed by atoms with Gasteiger partial charge in [0, 0.05) is 18.1 Å². The van der Waals surface area contributed by atoms with E-state index in [1.165, 1.54) is 31.2 Å². The van der Waals surface area contributed by atoms with Crippen LogP contribution in [0.5, 0.6) is 0 Å². The molecule has 0 aliphatic rings. The summed E-state index contributed by atoms with van der Waals surface area (Å²) in [5.74, 6) is -0.153. The summed E-state index contributed by atoms with van der Waals surface area (Å²) in [5.41, 5.74) is 0. The lowest BCUT2D eigenvalue weighted by molar-refractivity contribution is 0.316. The number of halogens is 1. The molecule has 2 rings (SSSR count). The smallest absolute Gasteiger partial charge is 0.226 e. The maximum absolute atomic E-state index is 13.1. The molecule has 1 N–H and O–H groups in total. The third-order valence-corrected chi connectivity index (χ3v) is 9.49. The van der Waals surface area contributed by atoms with Gasteiger partial charge in [0.05, 0.1) is 10.6 Å². The van der Waals surface area contributed by atoms with E-state index in [9.17, 15) is 16.8 Å². The van der Waals surface area contributed by atoms with Crippen LogP contribution in [0.3, 0.4) is 0 Å². The summed E-state index contributed by atoms with van der Waals surface area (Å²) in [7, 11) is -7.62. The quantitative estimate of drug-likeness (QED) is 0.575. The van der Waals surface area contributed by atoms with Crippen LogP contribution in [0, 0.1) is 0 Å². The summed E-state index contributed by atoms with van der Waals surface area (Å²) < 4.78 is 50.4. The number of sulfone groups is 2. The summed E-state index contributed by atoms with van der Waals surface area (Å²) in [6.07, 6.45) is 0. The predicted octanol–water partition coefficient (Wildman–Crippen LogP) is 3.18. The monoisotopic (exact) mass is 465 g/mol. The van der Waals surface area contributed by atoms with Gasteiger partial charge in [-0.1, -0.05) is 43.7 Å². The summed E-state index contributed by atoms with van der Waals surface area (Å²) in [4.78, 5) is 6.18. The average Bonchev–Trinajstić information content (AvgIpc) is 3.11. The van der Waals surface area contributed by atoms with Crippen LogP contribution < -0.4 is 5.32 Å². The zero-order valence-corrected chi connectivity index (χ0v) is 19.2. The molecular weight excluding hydrogens is 442 g/mol. The Morgan fingerprint density at radius 3 is 2.21 bits per heavy atom. The fourth-order valence-corrected chi connectivity index (χ4v) is 6.58. The van der Waals surface area contributed by atoms with Crippen LogP contribution in [0.15, 0.2) is 38.5 Å². The number of thiazole rings is 1. The number of nitrogens with zero attached hydrogens (tertiary/aromatic N) is 2. The molecule has 0 fully saturated rings. The number of hydrogen-bond donors (Lipinski definition) is 1. The van der Waals surface area contributed by atoms with E-state index in [0.717, 1.165) is 24.4 Å². The molecule has 0 atom stereocenters. The Bertz CT molecular complexity index is 999. The van der Waals surface area contributed by atoms with Gasteiger partial charge in [-0.3, -0.25) is 0 Å². The van der Waals surface area contributed by atoms with Crippen molar-refractivity contribution in [2.24, 2.45) is 0 Å². The first-order valence-electron chi connectivity index (χ1n) is 8.86. The van der Waals surface area contributed by atoms with Crippen molar-refractivity contribution < 1.29 is 16.8 Å². The number of nitrogens with one attached hydrogen (secondary N) is 1. The molecule has 156 valence electrons. The summed E-state index contributed by atoms with van der Waals surface area (Å²) in [5, 5.41) is 3.43. The van der Waals surface area contributed by atoms with E-state index in [2.05, 4.69) is 15.2 Å². The number of rotatable bonds is 10. The van der Waals surface area contributed by atoms with Crippen LogP contribution in [0.25, 0.3) is 0 Å². The molecule has 0 saturated carbocycles. The summed E-state index contributed by atoms with van der Waals surface area (Å²) >= 11 is 6.69. The van der Waals surface area contributed by atoms with Crippen LogP contribution in [0.1, 0.15) is 20.8 Å². The third-order valence-electron chi connectivity index (χ3n) is 4.21. The normalized spacial score (nSPS) is 12.5. The maximum atomic E-state index is 13.1. The van der Waals surface area contributed by atoms with Crippen LogP contribution in [0.2, 0.25) is 5.02 Å². The van der Waals surface area contributed by atoms with Gasteiger partial charge in [0.15, 0.2) is 5.03 Å². The van der Waals surface area contributed by atoms with Crippen LogP contribution in [-0.4, -0.2) is 58.7 Å². The Hall–Kier alpha value is -1.20. The number of anilines is 1. The lowest BCUT2D eigenvalue weighted by Gasteiger charge is -2.18. The minimum Gasteiger partial charge on any atom is -0.373 e. The van der Waals surface area contributed by atoms with Gasteiger partial charge >= 0.3 is 0 Å². The Labute approximate surface area is 175 Å². The largest absolute Gasteiger partial charge is 0.373 e. The second kappa shape index (κ2) is 9.53. The van der Waals surface area contributed by atoms with Crippen molar-refractivity contribution in [2.75, 3.05) is 37.2 Å². The van der Waals surface area contributed by atoms with Crippen LogP contribution >= 0.6 is 22.9 Å². The van der Waals surface area contributed by atoms with Gasteiger partial charge in [-0.2, -0.15) is 0 Å². The molecule has 7 nitrogen and oxygen atoms in total. The zero-order chi connectivity index (χ0) is 20.9. The molecule has 1 heterocycles. The van der Waals surface area contributed by atoms with Crippen molar-refractivity contribution in [2.45, 2.75) is 35.0 Å². The van der Waals surface area contributed by atoms with E-state index < -0.39 is 19.7 Å². The van der Waals surface area contributed by atoms with E-state index in [1.54, 1.807) is 0 Å². The maximum Gasteiger partial charge on any atom is 0.226 e. The minimum absolute atomic E-state index is 0.00874. The lowest BCUT2D eigenvalue weighted by Crippen LogP contribution is -2.28. The molecule has 0 aliphatic carbocycles. The molecule has 0 bridgehead atoms. The number of hydrogen-bond acceptors (Lipinski definition) is 8. The van der Waals surface area contributed by atoms with Crippen molar-refractivity contribution in [3.05, 3.63) is 29.3 Å². The van der Waals surface area contributed by atoms with E-state index in [-0.39, 0.29) is 25.0 Å². The molecule has 0 radical (unpaired) electrons. The Morgan fingerprint density at radius 2 is 1.68 bits per heavy atom. The first-order chi connectivity index (χ1) is 13.2. The van der Waals surface area contributed by atoms with Gasteiger partial charge < -0.3 is 10.2 Å².